The lowest BCUT2D eigenvalue weighted by Gasteiger charge is -2.27. The van der Waals surface area contributed by atoms with Gasteiger partial charge in [0, 0.05) is 23.3 Å². The summed E-state index contributed by atoms with van der Waals surface area (Å²) in [6, 6.07) is 13.7. The third kappa shape index (κ3) is 3.10. The zero-order chi connectivity index (χ0) is 15.6. The summed E-state index contributed by atoms with van der Waals surface area (Å²) in [7, 11) is 0. The molecule has 3 heterocycles. The summed E-state index contributed by atoms with van der Waals surface area (Å²) >= 11 is 7.79. The third-order valence-corrected chi connectivity index (χ3v) is 4.92. The van der Waals surface area contributed by atoms with Gasteiger partial charge in [-0.1, -0.05) is 41.6 Å². The zero-order valence-corrected chi connectivity index (χ0v) is 13.8. The van der Waals surface area contributed by atoms with Crippen LogP contribution in [0.1, 0.15) is 5.69 Å². The summed E-state index contributed by atoms with van der Waals surface area (Å²) in [6.07, 6.45) is 1.83. The molecule has 1 aliphatic rings. The molecule has 1 aliphatic heterocycles. The topological polar surface area (TPSA) is 46.8 Å². The predicted molar refractivity (Wildman–Crippen MR) is 91.0 cm³/mol. The number of hydrogen-bond donors (Lipinski definition) is 0. The molecule has 1 aromatic carbocycles. The fourth-order valence-corrected chi connectivity index (χ4v) is 3.63. The number of aromatic nitrogens is 4. The quantitative estimate of drug-likeness (QED) is 0.728. The summed E-state index contributed by atoms with van der Waals surface area (Å²) in [5.74, 6) is 1.73. The Hall–Kier alpha value is -1.89. The number of hydrogen-bond acceptors (Lipinski definition) is 5. The van der Waals surface area contributed by atoms with E-state index in [4.69, 9.17) is 11.6 Å². The Balaban J connectivity index is 1.60. The molecule has 0 saturated carbocycles. The van der Waals surface area contributed by atoms with E-state index in [0.717, 1.165) is 41.3 Å². The lowest BCUT2D eigenvalue weighted by Crippen LogP contribution is -2.30. The van der Waals surface area contributed by atoms with Gasteiger partial charge in [0.05, 0.1) is 18.2 Å². The molecule has 5 nitrogen and oxygen atoms in total. The van der Waals surface area contributed by atoms with Gasteiger partial charge in [0.25, 0.3) is 0 Å². The van der Waals surface area contributed by atoms with Crippen molar-refractivity contribution < 1.29 is 0 Å². The highest BCUT2D eigenvalue weighted by molar-refractivity contribution is 7.99. The highest BCUT2D eigenvalue weighted by atomic mass is 35.5. The van der Waals surface area contributed by atoms with Gasteiger partial charge in [-0.3, -0.25) is 14.5 Å². The third-order valence-electron chi connectivity index (χ3n) is 3.63. The minimum atomic E-state index is 0.702. The van der Waals surface area contributed by atoms with Crippen molar-refractivity contribution in [3.63, 3.8) is 0 Å². The van der Waals surface area contributed by atoms with Crippen molar-refractivity contribution in [2.75, 3.05) is 5.88 Å². The van der Waals surface area contributed by atoms with Crippen molar-refractivity contribution in [3.05, 3.63) is 59.4 Å². The van der Waals surface area contributed by atoms with E-state index in [-0.39, 0.29) is 0 Å². The zero-order valence-electron chi connectivity index (χ0n) is 12.3. The number of halogens is 1. The number of pyridine rings is 1. The van der Waals surface area contributed by atoms with E-state index in [9.17, 15) is 0 Å². The molecule has 116 valence electrons. The van der Waals surface area contributed by atoms with Gasteiger partial charge in [0.1, 0.15) is 0 Å². The monoisotopic (exact) mass is 343 g/mol. The minimum absolute atomic E-state index is 0.702. The SMILES string of the molecule is Clc1cccc(-c2nnc3n2CN(Cc2ccccn2)CS3)c1. The van der Waals surface area contributed by atoms with Crippen LogP contribution in [-0.2, 0) is 13.2 Å². The molecule has 0 unspecified atom stereocenters. The van der Waals surface area contributed by atoms with Crippen LogP contribution >= 0.6 is 23.4 Å². The van der Waals surface area contributed by atoms with Crippen molar-refractivity contribution in [3.8, 4) is 11.4 Å². The number of nitrogens with zero attached hydrogens (tertiary/aromatic N) is 5. The van der Waals surface area contributed by atoms with Gasteiger partial charge in [0.15, 0.2) is 11.0 Å². The number of thioether (sulfide) groups is 1. The Morgan fingerprint density at radius 2 is 2.09 bits per heavy atom. The largest absolute Gasteiger partial charge is 0.288 e. The highest BCUT2D eigenvalue weighted by Gasteiger charge is 2.22. The molecule has 2 aromatic heterocycles. The first kappa shape index (κ1) is 14.7. The molecule has 23 heavy (non-hydrogen) atoms. The number of rotatable bonds is 3. The van der Waals surface area contributed by atoms with Crippen LogP contribution in [0.25, 0.3) is 11.4 Å². The van der Waals surface area contributed by atoms with Crippen LogP contribution in [0.5, 0.6) is 0 Å². The molecule has 0 atom stereocenters. The normalized spacial score (nSPS) is 14.7. The van der Waals surface area contributed by atoms with Gasteiger partial charge in [-0.15, -0.1) is 10.2 Å². The molecule has 0 amide bonds. The summed E-state index contributed by atoms with van der Waals surface area (Å²) in [5, 5.41) is 10.3. The van der Waals surface area contributed by atoms with E-state index in [2.05, 4.69) is 24.6 Å². The number of fused-ring (bicyclic) bond motifs is 1. The van der Waals surface area contributed by atoms with Crippen LogP contribution in [0.2, 0.25) is 5.02 Å². The Labute approximate surface area is 143 Å². The molecule has 7 heteroatoms. The van der Waals surface area contributed by atoms with Crippen LogP contribution in [-0.4, -0.2) is 30.5 Å². The van der Waals surface area contributed by atoms with E-state index in [0.29, 0.717) is 5.02 Å². The van der Waals surface area contributed by atoms with Crippen molar-refractivity contribution in [2.45, 2.75) is 18.4 Å². The minimum Gasteiger partial charge on any atom is -0.288 e. The second-order valence-electron chi connectivity index (χ2n) is 5.31. The molecule has 0 N–H and O–H groups in total. The van der Waals surface area contributed by atoms with E-state index in [1.165, 1.54) is 0 Å². The summed E-state index contributed by atoms with van der Waals surface area (Å²) in [4.78, 5) is 6.72. The molecule has 4 rings (SSSR count). The average molecular weight is 344 g/mol. The van der Waals surface area contributed by atoms with Crippen molar-refractivity contribution >= 4 is 23.4 Å². The van der Waals surface area contributed by atoms with Gasteiger partial charge in [0.2, 0.25) is 0 Å². The van der Waals surface area contributed by atoms with E-state index >= 15 is 0 Å². The van der Waals surface area contributed by atoms with Crippen LogP contribution < -0.4 is 0 Å². The molecule has 3 aromatic rings. The van der Waals surface area contributed by atoms with E-state index in [1.807, 2.05) is 48.7 Å². The predicted octanol–water partition coefficient (Wildman–Crippen LogP) is 3.52. The first-order valence-electron chi connectivity index (χ1n) is 7.24. The Morgan fingerprint density at radius 1 is 1.13 bits per heavy atom. The Morgan fingerprint density at radius 3 is 2.91 bits per heavy atom. The number of benzene rings is 1. The maximum Gasteiger partial charge on any atom is 0.193 e. The van der Waals surface area contributed by atoms with Crippen LogP contribution in [0.15, 0.2) is 53.8 Å². The molecule has 0 spiro atoms. The first-order valence-corrected chi connectivity index (χ1v) is 8.60. The second-order valence-corrected chi connectivity index (χ2v) is 6.66. The van der Waals surface area contributed by atoms with Gasteiger partial charge in [-0.05, 0) is 24.3 Å². The van der Waals surface area contributed by atoms with Crippen LogP contribution in [0, 0.1) is 0 Å². The van der Waals surface area contributed by atoms with E-state index < -0.39 is 0 Å². The highest BCUT2D eigenvalue weighted by Crippen LogP contribution is 2.30. The Bertz CT molecular complexity index is 820. The smallest absolute Gasteiger partial charge is 0.193 e. The summed E-state index contributed by atoms with van der Waals surface area (Å²) in [5.41, 5.74) is 2.05. The molecule has 0 aliphatic carbocycles. The second kappa shape index (κ2) is 6.31. The molecule has 0 bridgehead atoms. The molecule has 0 fully saturated rings. The van der Waals surface area contributed by atoms with Gasteiger partial charge >= 0.3 is 0 Å². The van der Waals surface area contributed by atoms with Crippen molar-refractivity contribution in [1.82, 2.24) is 24.6 Å². The first-order chi connectivity index (χ1) is 11.3. The fourth-order valence-electron chi connectivity index (χ4n) is 2.57. The lowest BCUT2D eigenvalue weighted by atomic mass is 10.2. The van der Waals surface area contributed by atoms with Crippen molar-refractivity contribution in [2.24, 2.45) is 0 Å². The van der Waals surface area contributed by atoms with Gasteiger partial charge < -0.3 is 0 Å². The lowest BCUT2D eigenvalue weighted by molar-refractivity contribution is 0.229. The molecular weight excluding hydrogens is 330 g/mol. The van der Waals surface area contributed by atoms with Crippen LogP contribution in [0.3, 0.4) is 0 Å². The Kier molecular flexibility index (Phi) is 4.03. The molecule has 0 saturated heterocycles. The maximum absolute atomic E-state index is 6.10. The molecule has 0 radical (unpaired) electrons. The maximum atomic E-state index is 6.10. The van der Waals surface area contributed by atoms with Gasteiger partial charge in [-0.25, -0.2) is 0 Å². The van der Waals surface area contributed by atoms with Gasteiger partial charge in [-0.2, -0.15) is 0 Å². The fraction of sp³-hybridized carbons (Fsp3) is 0.188. The van der Waals surface area contributed by atoms with Crippen LogP contribution in [0.4, 0.5) is 0 Å². The average Bonchev–Trinajstić information content (AvgIpc) is 2.99. The summed E-state index contributed by atoms with van der Waals surface area (Å²) < 4.78 is 2.13. The van der Waals surface area contributed by atoms with E-state index in [1.54, 1.807) is 11.8 Å². The standard InChI is InChI=1S/C16H14ClN5S/c17-13-5-3-4-12(8-13)15-19-20-16-22(15)10-21(11-23-16)9-14-6-1-2-7-18-14/h1-8H,9-11H2. The van der Waals surface area contributed by atoms with Crippen molar-refractivity contribution in [1.29, 1.82) is 0 Å². The summed E-state index contributed by atoms with van der Waals surface area (Å²) in [6.45, 7) is 1.55. The molecular formula is C16H14ClN5S.